The molecule has 0 atom stereocenters. The Balaban J connectivity index is 1.68. The minimum atomic E-state index is -0.118. The predicted octanol–water partition coefficient (Wildman–Crippen LogP) is 5.19. The van der Waals surface area contributed by atoms with E-state index in [9.17, 15) is 4.79 Å². The molecule has 2 aromatic rings. The number of carbonyl (C=O) groups excluding carboxylic acids is 1. The van der Waals surface area contributed by atoms with E-state index in [-0.39, 0.29) is 23.9 Å². The second kappa shape index (κ2) is 13.7. The second-order valence-electron chi connectivity index (χ2n) is 9.19. The van der Waals surface area contributed by atoms with Crippen LogP contribution in [0.3, 0.4) is 0 Å². The standard InChI is InChI=1S/C28H40N4O4/c1-5-22(6-2)36-28-14-13-26(29)32(31-28)27(7-3)30-18-25(33)21-15-23(34-4)17-24(16-21)35-19-20-11-9-8-10-12-20/h7,13-17,20,22,29-30H,5-6,8-12,18-19H2,1-4H3/b27-7+,29-26?. The Kier molecular flexibility index (Phi) is 10.4. The van der Waals surface area contributed by atoms with Crippen molar-refractivity contribution in [3.8, 4) is 17.4 Å². The molecule has 1 aliphatic rings. The molecule has 2 N–H and O–H groups in total. The van der Waals surface area contributed by atoms with Gasteiger partial charge in [0.2, 0.25) is 5.88 Å². The third-order valence-electron chi connectivity index (χ3n) is 6.59. The third kappa shape index (κ3) is 7.60. The molecule has 8 heteroatoms. The fraction of sp³-hybridized carbons (Fsp3) is 0.536. The lowest BCUT2D eigenvalue weighted by Crippen LogP contribution is -2.32. The summed E-state index contributed by atoms with van der Waals surface area (Å²) < 4.78 is 18.9. The molecule has 1 aliphatic carbocycles. The van der Waals surface area contributed by atoms with Gasteiger partial charge in [-0.15, -0.1) is 5.10 Å². The van der Waals surface area contributed by atoms with Crippen LogP contribution < -0.4 is 25.0 Å². The highest BCUT2D eigenvalue weighted by molar-refractivity contribution is 5.98. The minimum absolute atomic E-state index is 0.0284. The number of ketones is 1. The number of methoxy groups -OCH3 is 1. The number of allylic oxidation sites excluding steroid dienone is 1. The van der Waals surface area contributed by atoms with E-state index in [2.05, 4.69) is 24.3 Å². The summed E-state index contributed by atoms with van der Waals surface area (Å²) in [6, 6.07) is 8.65. The van der Waals surface area contributed by atoms with Crippen LogP contribution in [0.2, 0.25) is 0 Å². The van der Waals surface area contributed by atoms with Crippen LogP contribution in [0.15, 0.2) is 36.4 Å². The van der Waals surface area contributed by atoms with Crippen LogP contribution in [0, 0.1) is 11.3 Å². The second-order valence-corrected chi connectivity index (χ2v) is 9.19. The van der Waals surface area contributed by atoms with Crippen molar-refractivity contribution in [2.45, 2.75) is 71.8 Å². The van der Waals surface area contributed by atoms with Gasteiger partial charge in [-0.2, -0.15) is 4.68 Å². The van der Waals surface area contributed by atoms with Crippen LogP contribution >= 0.6 is 0 Å². The van der Waals surface area contributed by atoms with Crippen LogP contribution in [-0.2, 0) is 0 Å². The van der Waals surface area contributed by atoms with Crippen molar-refractivity contribution in [3.63, 3.8) is 0 Å². The molecule has 36 heavy (non-hydrogen) atoms. The number of benzene rings is 1. The van der Waals surface area contributed by atoms with Crippen molar-refractivity contribution in [2.24, 2.45) is 5.92 Å². The van der Waals surface area contributed by atoms with Gasteiger partial charge in [0.1, 0.15) is 22.8 Å². The molecular weight excluding hydrogens is 456 g/mol. The fourth-order valence-corrected chi connectivity index (χ4v) is 4.35. The summed E-state index contributed by atoms with van der Waals surface area (Å²) in [7, 11) is 1.58. The van der Waals surface area contributed by atoms with Crippen LogP contribution in [0.4, 0.5) is 0 Å². The zero-order valence-electron chi connectivity index (χ0n) is 22.0. The maximum absolute atomic E-state index is 13.1. The molecular formula is C28H40N4O4. The number of hydrogen-bond donors (Lipinski definition) is 2. The van der Waals surface area contributed by atoms with Gasteiger partial charge in [-0.1, -0.05) is 33.1 Å². The average Bonchev–Trinajstić information content (AvgIpc) is 2.92. The Morgan fingerprint density at radius 2 is 1.89 bits per heavy atom. The van der Waals surface area contributed by atoms with Gasteiger partial charge in [-0.25, -0.2) is 0 Å². The molecule has 0 spiro atoms. The van der Waals surface area contributed by atoms with Crippen LogP contribution in [0.5, 0.6) is 17.4 Å². The summed E-state index contributed by atoms with van der Waals surface area (Å²) in [6.45, 7) is 6.65. The van der Waals surface area contributed by atoms with Crippen molar-refractivity contribution in [2.75, 3.05) is 20.3 Å². The normalized spacial score (nSPS) is 14.5. The summed E-state index contributed by atoms with van der Waals surface area (Å²) in [4.78, 5) is 13.1. The molecule has 0 unspecified atom stereocenters. The zero-order valence-corrected chi connectivity index (χ0v) is 22.0. The predicted molar refractivity (Wildman–Crippen MR) is 140 cm³/mol. The van der Waals surface area contributed by atoms with Gasteiger partial charge in [-0.05, 0) is 62.8 Å². The molecule has 1 aromatic heterocycles. The SMILES string of the molecule is C/C=C(\NCC(=O)c1cc(OC)cc(OCC2CCCCC2)c1)n1nc(OC(CC)CC)ccc1=N. The number of hydrogen-bond acceptors (Lipinski definition) is 7. The van der Waals surface area contributed by atoms with Gasteiger partial charge in [0.25, 0.3) is 0 Å². The first-order valence-corrected chi connectivity index (χ1v) is 13.0. The van der Waals surface area contributed by atoms with E-state index in [1.165, 1.54) is 36.8 Å². The van der Waals surface area contributed by atoms with Gasteiger partial charge in [0, 0.05) is 17.7 Å². The number of Topliss-reactive ketones (excluding diaryl/α,β-unsaturated/α-hetero) is 1. The first kappa shape index (κ1) is 27.3. The average molecular weight is 497 g/mol. The van der Waals surface area contributed by atoms with Gasteiger partial charge < -0.3 is 19.5 Å². The van der Waals surface area contributed by atoms with Crippen molar-refractivity contribution < 1.29 is 19.0 Å². The minimum Gasteiger partial charge on any atom is -0.497 e. The summed E-state index contributed by atoms with van der Waals surface area (Å²) in [6.07, 6.45) is 9.80. The number of aromatic nitrogens is 2. The third-order valence-corrected chi connectivity index (χ3v) is 6.59. The topological polar surface area (TPSA) is 98.5 Å². The number of rotatable bonds is 13. The van der Waals surface area contributed by atoms with Crippen molar-refractivity contribution in [1.82, 2.24) is 15.1 Å². The van der Waals surface area contributed by atoms with Crippen LogP contribution in [0.1, 0.15) is 76.1 Å². The van der Waals surface area contributed by atoms with Gasteiger partial charge in [-0.3, -0.25) is 10.2 Å². The van der Waals surface area contributed by atoms with E-state index < -0.39 is 0 Å². The summed E-state index contributed by atoms with van der Waals surface area (Å²) in [5.74, 6) is 2.65. The summed E-state index contributed by atoms with van der Waals surface area (Å²) in [5.41, 5.74) is 0.686. The highest BCUT2D eigenvalue weighted by atomic mass is 16.5. The van der Waals surface area contributed by atoms with E-state index in [1.807, 2.05) is 13.0 Å². The van der Waals surface area contributed by atoms with Gasteiger partial charge >= 0.3 is 0 Å². The van der Waals surface area contributed by atoms with Crippen molar-refractivity contribution in [1.29, 1.82) is 5.41 Å². The van der Waals surface area contributed by atoms with Crippen LogP contribution in [-0.4, -0.2) is 41.9 Å². The van der Waals surface area contributed by atoms with Crippen molar-refractivity contribution >= 4 is 11.6 Å². The van der Waals surface area contributed by atoms with E-state index in [0.29, 0.717) is 41.3 Å². The first-order valence-electron chi connectivity index (χ1n) is 13.0. The Bertz CT molecular complexity index is 1090. The maximum atomic E-state index is 13.1. The fourth-order valence-electron chi connectivity index (χ4n) is 4.35. The molecule has 1 saturated carbocycles. The Hall–Kier alpha value is -3.29. The van der Waals surface area contributed by atoms with Crippen LogP contribution in [0.25, 0.3) is 5.82 Å². The number of nitrogens with one attached hydrogen (secondary N) is 2. The van der Waals surface area contributed by atoms with E-state index in [1.54, 1.807) is 37.5 Å². The van der Waals surface area contributed by atoms with E-state index in [4.69, 9.17) is 19.6 Å². The first-order chi connectivity index (χ1) is 17.5. The quantitative estimate of drug-likeness (QED) is 0.371. The lowest BCUT2D eigenvalue weighted by atomic mass is 9.90. The summed E-state index contributed by atoms with van der Waals surface area (Å²) in [5, 5.41) is 15.9. The zero-order chi connectivity index (χ0) is 25.9. The maximum Gasteiger partial charge on any atom is 0.232 e. The monoisotopic (exact) mass is 496 g/mol. The Morgan fingerprint density at radius 3 is 2.56 bits per heavy atom. The molecule has 1 aromatic carbocycles. The highest BCUT2D eigenvalue weighted by Gasteiger charge is 2.16. The molecule has 0 saturated heterocycles. The largest absolute Gasteiger partial charge is 0.497 e. The molecule has 1 heterocycles. The van der Waals surface area contributed by atoms with Gasteiger partial charge in [0.15, 0.2) is 5.78 Å². The smallest absolute Gasteiger partial charge is 0.232 e. The highest BCUT2D eigenvalue weighted by Crippen LogP contribution is 2.27. The number of carbonyl (C=O) groups is 1. The molecule has 0 aliphatic heterocycles. The van der Waals surface area contributed by atoms with Crippen molar-refractivity contribution in [3.05, 3.63) is 47.5 Å². The van der Waals surface area contributed by atoms with E-state index in [0.717, 1.165) is 12.8 Å². The molecule has 196 valence electrons. The summed E-state index contributed by atoms with van der Waals surface area (Å²) >= 11 is 0. The molecule has 0 amide bonds. The van der Waals surface area contributed by atoms with Gasteiger partial charge in [0.05, 0.1) is 26.4 Å². The lowest BCUT2D eigenvalue weighted by molar-refractivity contribution is 0.0994. The molecule has 0 bridgehead atoms. The Labute approximate surface area is 214 Å². The molecule has 3 rings (SSSR count). The van der Waals surface area contributed by atoms with E-state index >= 15 is 0 Å². The number of ether oxygens (including phenoxy) is 3. The Morgan fingerprint density at radius 1 is 1.17 bits per heavy atom. The molecule has 1 fully saturated rings. The lowest BCUT2D eigenvalue weighted by Gasteiger charge is -2.22. The molecule has 0 radical (unpaired) electrons. The number of nitrogens with zero attached hydrogens (tertiary/aromatic N) is 2. The molecule has 8 nitrogen and oxygen atoms in total.